The van der Waals surface area contributed by atoms with Crippen LogP contribution in [0.5, 0.6) is 0 Å². The number of carbonyl (C=O) groups excluding carboxylic acids is 1. The van der Waals surface area contributed by atoms with Crippen LogP contribution in [0.4, 0.5) is 0 Å². The van der Waals surface area contributed by atoms with Crippen molar-refractivity contribution in [1.82, 2.24) is 10.3 Å². The quantitative estimate of drug-likeness (QED) is 0.271. The summed E-state index contributed by atoms with van der Waals surface area (Å²) in [6, 6.07) is 21.1. The Morgan fingerprint density at radius 2 is 1.78 bits per heavy atom. The van der Waals surface area contributed by atoms with Crippen molar-refractivity contribution in [2.24, 2.45) is 0 Å². The molecule has 3 aromatic carbocycles. The number of rotatable bonds is 8. The van der Waals surface area contributed by atoms with Crippen LogP contribution < -0.4 is 5.32 Å². The van der Waals surface area contributed by atoms with Gasteiger partial charge in [-0.2, -0.15) is 0 Å². The zero-order valence-corrected chi connectivity index (χ0v) is 19.7. The van der Waals surface area contributed by atoms with Crippen molar-refractivity contribution in [2.45, 2.75) is 38.8 Å². The second-order valence-corrected chi connectivity index (χ2v) is 8.95. The van der Waals surface area contributed by atoms with E-state index in [1.54, 1.807) is 6.07 Å². The van der Waals surface area contributed by atoms with Crippen molar-refractivity contribution in [3.8, 4) is 0 Å². The van der Waals surface area contributed by atoms with Crippen LogP contribution in [-0.2, 0) is 12.8 Å². The van der Waals surface area contributed by atoms with Crippen LogP contribution in [0.15, 0.2) is 72.9 Å². The van der Waals surface area contributed by atoms with E-state index in [9.17, 15) is 4.79 Å². The highest BCUT2D eigenvalue weighted by atomic mass is 35.5. The van der Waals surface area contributed by atoms with Gasteiger partial charge in [-0.3, -0.25) is 4.79 Å². The number of nitrogens with one attached hydrogen (secondary N) is 2. The summed E-state index contributed by atoms with van der Waals surface area (Å²) in [5, 5.41) is 5.76. The molecule has 0 aliphatic carbocycles. The molecule has 0 aliphatic heterocycles. The number of aromatic amines is 1. The van der Waals surface area contributed by atoms with Gasteiger partial charge >= 0.3 is 0 Å². The van der Waals surface area contributed by atoms with Gasteiger partial charge in [-0.1, -0.05) is 84.7 Å². The van der Waals surface area contributed by atoms with Gasteiger partial charge < -0.3 is 10.3 Å². The molecule has 164 valence electrons. The Morgan fingerprint density at radius 3 is 2.50 bits per heavy atom. The minimum Gasteiger partial charge on any atom is -0.360 e. The van der Waals surface area contributed by atoms with Crippen LogP contribution in [-0.4, -0.2) is 16.8 Å². The number of aryl methyl sites for hydroxylation is 1. The number of ketones is 1. The van der Waals surface area contributed by atoms with E-state index in [4.69, 9.17) is 23.2 Å². The van der Waals surface area contributed by atoms with Gasteiger partial charge in [0.05, 0.1) is 6.04 Å². The lowest BCUT2D eigenvalue weighted by molar-refractivity contribution is 0.0938. The number of H-pyrrole nitrogens is 1. The Hall–Kier alpha value is -2.59. The molecule has 0 saturated carbocycles. The predicted molar refractivity (Wildman–Crippen MR) is 134 cm³/mol. The summed E-state index contributed by atoms with van der Waals surface area (Å²) in [7, 11) is 0. The number of para-hydroxylation sites is 1. The van der Waals surface area contributed by atoms with E-state index in [-0.39, 0.29) is 11.8 Å². The van der Waals surface area contributed by atoms with E-state index >= 15 is 0 Å². The first-order chi connectivity index (χ1) is 15.5. The first kappa shape index (κ1) is 22.6. The highest BCUT2D eigenvalue weighted by Gasteiger charge is 2.26. The fourth-order valence-corrected chi connectivity index (χ4v) is 4.69. The molecule has 1 aromatic heterocycles. The first-order valence-corrected chi connectivity index (χ1v) is 11.6. The van der Waals surface area contributed by atoms with E-state index in [2.05, 4.69) is 30.2 Å². The standard InChI is InChI=1S/C27H26Cl2N2O/c1-3-18-10-7-11-22-23(16-30-25(18)22)27(32)26(19-8-5-4-6-9-19)31-17(2)14-20-12-13-21(28)15-24(20)29/h4-13,15-17,26,30-31H,3,14H2,1-2H3/t17-,26+/m1/s1. The number of Topliss-reactive ketones (excluding diaryl/α,β-unsaturated/α-hetero) is 1. The molecule has 0 spiro atoms. The number of benzene rings is 3. The van der Waals surface area contributed by atoms with Gasteiger partial charge in [0.2, 0.25) is 0 Å². The average molecular weight is 465 g/mol. The number of halogens is 2. The van der Waals surface area contributed by atoms with Gasteiger partial charge in [-0.05, 0) is 48.6 Å². The summed E-state index contributed by atoms with van der Waals surface area (Å²) in [6.07, 6.45) is 3.43. The number of carbonyl (C=O) groups is 1. The molecule has 2 N–H and O–H groups in total. The zero-order chi connectivity index (χ0) is 22.7. The Morgan fingerprint density at radius 1 is 1.00 bits per heavy atom. The lowest BCUT2D eigenvalue weighted by Crippen LogP contribution is -2.36. The molecule has 4 rings (SSSR count). The molecule has 32 heavy (non-hydrogen) atoms. The maximum absolute atomic E-state index is 13.8. The normalized spacial score (nSPS) is 13.2. The highest BCUT2D eigenvalue weighted by Crippen LogP contribution is 2.28. The maximum Gasteiger partial charge on any atom is 0.186 e. The SMILES string of the molecule is CCc1cccc2c(C(=O)[C@@H](N[C@H](C)Cc3ccc(Cl)cc3Cl)c3ccccc3)c[nH]c12. The largest absolute Gasteiger partial charge is 0.360 e. The van der Waals surface area contributed by atoms with Gasteiger partial charge in [0, 0.05) is 38.8 Å². The van der Waals surface area contributed by atoms with Gasteiger partial charge in [-0.15, -0.1) is 0 Å². The number of hydrogen-bond acceptors (Lipinski definition) is 2. The third kappa shape index (κ3) is 4.75. The Balaban J connectivity index is 1.65. The topological polar surface area (TPSA) is 44.9 Å². The fourth-order valence-electron chi connectivity index (χ4n) is 4.20. The molecule has 0 saturated heterocycles. The van der Waals surface area contributed by atoms with Crippen molar-refractivity contribution < 1.29 is 4.79 Å². The van der Waals surface area contributed by atoms with E-state index in [1.165, 1.54) is 5.56 Å². The molecule has 0 bridgehead atoms. The summed E-state index contributed by atoms with van der Waals surface area (Å²) >= 11 is 12.4. The van der Waals surface area contributed by atoms with E-state index in [1.807, 2.05) is 60.8 Å². The summed E-state index contributed by atoms with van der Waals surface area (Å²) in [6.45, 7) is 4.19. The molecule has 0 fully saturated rings. The van der Waals surface area contributed by atoms with Crippen molar-refractivity contribution in [3.63, 3.8) is 0 Å². The molecule has 0 radical (unpaired) electrons. The van der Waals surface area contributed by atoms with E-state index in [0.717, 1.165) is 28.5 Å². The summed E-state index contributed by atoms with van der Waals surface area (Å²) in [4.78, 5) is 17.1. The van der Waals surface area contributed by atoms with Gasteiger partial charge in [0.1, 0.15) is 0 Å². The maximum atomic E-state index is 13.8. The zero-order valence-electron chi connectivity index (χ0n) is 18.2. The van der Waals surface area contributed by atoms with Crippen LogP contribution >= 0.6 is 23.2 Å². The third-order valence-electron chi connectivity index (χ3n) is 5.84. The minimum atomic E-state index is -0.471. The third-order valence-corrected chi connectivity index (χ3v) is 6.42. The molecular weight excluding hydrogens is 439 g/mol. The summed E-state index contributed by atoms with van der Waals surface area (Å²) in [5.41, 5.74) is 4.87. The van der Waals surface area contributed by atoms with E-state index in [0.29, 0.717) is 22.0 Å². The Labute approximate surface area is 198 Å². The molecule has 2 atom stereocenters. The molecule has 3 nitrogen and oxygen atoms in total. The molecular formula is C27H26Cl2N2O. The smallest absolute Gasteiger partial charge is 0.186 e. The van der Waals surface area contributed by atoms with Crippen molar-refractivity contribution >= 4 is 39.9 Å². The van der Waals surface area contributed by atoms with Crippen LogP contribution in [0.2, 0.25) is 10.0 Å². The first-order valence-electron chi connectivity index (χ1n) is 10.9. The average Bonchev–Trinajstić information content (AvgIpc) is 3.24. The molecule has 4 aromatic rings. The Kier molecular flexibility index (Phi) is 7.00. The highest BCUT2D eigenvalue weighted by molar-refractivity contribution is 6.35. The van der Waals surface area contributed by atoms with Gasteiger partial charge in [0.15, 0.2) is 5.78 Å². The van der Waals surface area contributed by atoms with Crippen LogP contribution in [0.3, 0.4) is 0 Å². The monoisotopic (exact) mass is 464 g/mol. The number of aromatic nitrogens is 1. The lowest BCUT2D eigenvalue weighted by Gasteiger charge is -2.23. The second-order valence-electron chi connectivity index (χ2n) is 8.11. The molecule has 0 aliphatic rings. The van der Waals surface area contributed by atoms with Crippen molar-refractivity contribution in [3.05, 3.63) is 105 Å². The second kappa shape index (κ2) is 9.91. The minimum absolute atomic E-state index is 0.0132. The molecule has 0 amide bonds. The lowest BCUT2D eigenvalue weighted by atomic mass is 9.95. The molecule has 5 heteroatoms. The molecule has 1 heterocycles. The van der Waals surface area contributed by atoms with Gasteiger partial charge in [-0.25, -0.2) is 0 Å². The van der Waals surface area contributed by atoms with Crippen LogP contribution in [0.25, 0.3) is 10.9 Å². The van der Waals surface area contributed by atoms with Crippen LogP contribution in [0, 0.1) is 0 Å². The summed E-state index contributed by atoms with van der Waals surface area (Å²) in [5.74, 6) is 0.0461. The van der Waals surface area contributed by atoms with Crippen LogP contribution in [0.1, 0.15) is 46.9 Å². The summed E-state index contributed by atoms with van der Waals surface area (Å²) < 4.78 is 0. The fraction of sp³-hybridized carbons (Fsp3) is 0.222. The van der Waals surface area contributed by atoms with E-state index < -0.39 is 6.04 Å². The number of hydrogen-bond donors (Lipinski definition) is 2. The van der Waals surface area contributed by atoms with Gasteiger partial charge in [0.25, 0.3) is 0 Å². The van der Waals surface area contributed by atoms with Crippen molar-refractivity contribution in [1.29, 1.82) is 0 Å². The predicted octanol–water partition coefficient (Wildman–Crippen LogP) is 7.18. The number of fused-ring (bicyclic) bond motifs is 1. The van der Waals surface area contributed by atoms with Crippen molar-refractivity contribution in [2.75, 3.05) is 0 Å². The Bertz CT molecular complexity index is 1230. The molecule has 0 unspecified atom stereocenters.